The molecule has 0 aromatic heterocycles. The molecular weight excluding hydrogens is 389 g/mol. The maximum Gasteiger partial charge on any atom is 0.263 e. The fraction of sp³-hybridized carbons (Fsp3) is 0.286. The second kappa shape index (κ2) is 7.66. The van der Waals surface area contributed by atoms with Crippen LogP contribution in [0.15, 0.2) is 58.9 Å². The first-order chi connectivity index (χ1) is 14.3. The summed E-state index contributed by atoms with van der Waals surface area (Å²) < 4.78 is 13.3. The van der Waals surface area contributed by atoms with Crippen LogP contribution in [0.3, 0.4) is 0 Å². The van der Waals surface area contributed by atoms with Gasteiger partial charge >= 0.3 is 0 Å². The third kappa shape index (κ3) is 3.54. The summed E-state index contributed by atoms with van der Waals surface area (Å²) in [6.45, 7) is 3.82. The number of carbonyl (C=O) groups is 3. The van der Waals surface area contributed by atoms with Crippen molar-refractivity contribution in [2.45, 2.75) is 31.8 Å². The largest absolute Gasteiger partial charge is 0.324 e. The summed E-state index contributed by atoms with van der Waals surface area (Å²) in [6.07, 6.45) is 0. The molecule has 2 aromatic rings. The van der Waals surface area contributed by atoms with Gasteiger partial charge < -0.3 is 5.32 Å². The minimum atomic E-state index is -0.982. The van der Waals surface area contributed by atoms with E-state index in [0.717, 1.165) is 10.5 Å². The molecule has 2 atom stereocenters. The number of halogens is 1. The molecule has 9 heteroatoms. The number of hydrogen-bond donors (Lipinski definition) is 1. The number of nitrogens with one attached hydrogen (secondary N) is 1. The Balaban J connectivity index is 1.48. The van der Waals surface area contributed by atoms with Crippen LogP contribution < -0.4 is 10.2 Å². The lowest BCUT2D eigenvalue weighted by molar-refractivity contribution is -0.123. The molecular formula is C21H20FN5O3. The number of carbonyl (C=O) groups excluding carboxylic acids is 3. The summed E-state index contributed by atoms with van der Waals surface area (Å²) in [4.78, 5) is 39.1. The third-order valence-electron chi connectivity index (χ3n) is 5.09. The highest BCUT2D eigenvalue weighted by Gasteiger charge is 2.55. The van der Waals surface area contributed by atoms with Crippen LogP contribution in [0.1, 0.15) is 25.3 Å². The van der Waals surface area contributed by atoms with E-state index in [9.17, 15) is 18.8 Å². The van der Waals surface area contributed by atoms with Gasteiger partial charge in [0.15, 0.2) is 12.1 Å². The zero-order valence-corrected chi connectivity index (χ0v) is 16.4. The predicted molar refractivity (Wildman–Crippen MR) is 107 cm³/mol. The van der Waals surface area contributed by atoms with E-state index in [2.05, 4.69) is 29.5 Å². The molecule has 3 amide bonds. The Morgan fingerprint density at radius 3 is 2.53 bits per heavy atom. The Morgan fingerprint density at radius 1 is 1.13 bits per heavy atom. The summed E-state index contributed by atoms with van der Waals surface area (Å²) in [6, 6.07) is 10.7. The second-order valence-corrected chi connectivity index (χ2v) is 7.51. The van der Waals surface area contributed by atoms with E-state index in [1.807, 2.05) is 12.1 Å². The van der Waals surface area contributed by atoms with Crippen LogP contribution in [0.25, 0.3) is 0 Å². The molecule has 8 nitrogen and oxygen atoms in total. The lowest BCUT2D eigenvalue weighted by atomic mass is 10.0. The highest BCUT2D eigenvalue weighted by molar-refractivity contribution is 6.25. The van der Waals surface area contributed by atoms with E-state index in [1.54, 1.807) is 18.2 Å². The van der Waals surface area contributed by atoms with Gasteiger partial charge in [-0.2, -0.15) is 5.11 Å². The van der Waals surface area contributed by atoms with Crippen LogP contribution in [-0.2, 0) is 14.4 Å². The number of nitrogens with zero attached hydrogens (tertiary/aromatic N) is 4. The first-order valence-corrected chi connectivity index (χ1v) is 9.56. The first kappa shape index (κ1) is 19.7. The first-order valence-electron chi connectivity index (χ1n) is 9.56. The van der Waals surface area contributed by atoms with Crippen LogP contribution in [0.5, 0.6) is 0 Å². The Labute approximate surface area is 172 Å². The number of benzene rings is 2. The van der Waals surface area contributed by atoms with Crippen molar-refractivity contribution >= 4 is 29.1 Å². The predicted octanol–water partition coefficient (Wildman–Crippen LogP) is 2.88. The maximum atomic E-state index is 13.3. The summed E-state index contributed by atoms with van der Waals surface area (Å²) in [5, 5.41) is 11.5. The van der Waals surface area contributed by atoms with Gasteiger partial charge in [-0.3, -0.25) is 19.4 Å². The monoisotopic (exact) mass is 409 g/mol. The molecule has 0 radical (unpaired) electrons. The minimum absolute atomic E-state index is 0.286. The molecule has 0 spiro atoms. The Kier molecular flexibility index (Phi) is 5.03. The van der Waals surface area contributed by atoms with Crippen molar-refractivity contribution in [3.63, 3.8) is 0 Å². The van der Waals surface area contributed by atoms with Gasteiger partial charge in [-0.25, -0.2) is 9.29 Å². The molecule has 1 saturated heterocycles. The molecule has 1 fully saturated rings. The number of anilines is 2. The quantitative estimate of drug-likeness (QED) is 0.769. The zero-order chi connectivity index (χ0) is 21.4. The maximum absolute atomic E-state index is 13.3. The van der Waals surface area contributed by atoms with Crippen molar-refractivity contribution < 1.29 is 18.8 Å². The molecule has 2 aliphatic rings. The summed E-state index contributed by atoms with van der Waals surface area (Å²) in [5.41, 5.74) is 1.84. The SMILES string of the molecule is CC(C)c1ccc(N2C(=O)[C@H]3N=NN(CC(=O)Nc4cccc(F)c4)[C@H]3C2=O)cc1. The smallest absolute Gasteiger partial charge is 0.263 e. The van der Waals surface area contributed by atoms with Crippen molar-refractivity contribution in [1.29, 1.82) is 0 Å². The van der Waals surface area contributed by atoms with Gasteiger partial charge in [-0.1, -0.05) is 37.3 Å². The minimum Gasteiger partial charge on any atom is -0.324 e. The molecule has 1 N–H and O–H groups in total. The molecule has 2 aromatic carbocycles. The van der Waals surface area contributed by atoms with Crippen molar-refractivity contribution in [3.8, 4) is 0 Å². The number of rotatable bonds is 5. The van der Waals surface area contributed by atoms with Gasteiger partial charge in [0.25, 0.3) is 11.8 Å². The van der Waals surface area contributed by atoms with Crippen LogP contribution in [0, 0.1) is 5.82 Å². The van der Waals surface area contributed by atoms with Crippen molar-refractivity contribution in [3.05, 3.63) is 59.9 Å². The lowest BCUT2D eigenvalue weighted by Crippen LogP contribution is -2.43. The van der Waals surface area contributed by atoms with Crippen LogP contribution in [0.2, 0.25) is 0 Å². The average Bonchev–Trinajstić information content (AvgIpc) is 3.21. The van der Waals surface area contributed by atoms with Crippen LogP contribution in [0.4, 0.5) is 15.8 Å². The number of hydrogen-bond acceptors (Lipinski definition) is 6. The third-order valence-corrected chi connectivity index (χ3v) is 5.09. The number of fused-ring (bicyclic) bond motifs is 1. The molecule has 2 aliphatic heterocycles. The van der Waals surface area contributed by atoms with E-state index in [1.165, 1.54) is 23.2 Å². The molecule has 4 rings (SSSR count). The van der Waals surface area contributed by atoms with Crippen molar-refractivity contribution in [2.75, 3.05) is 16.8 Å². The molecule has 2 heterocycles. The van der Waals surface area contributed by atoms with E-state index in [-0.39, 0.29) is 12.2 Å². The van der Waals surface area contributed by atoms with Gasteiger partial charge in [-0.15, -0.1) is 0 Å². The topological polar surface area (TPSA) is 94.4 Å². The zero-order valence-electron chi connectivity index (χ0n) is 16.4. The molecule has 30 heavy (non-hydrogen) atoms. The van der Waals surface area contributed by atoms with Gasteiger partial charge in [0.1, 0.15) is 12.4 Å². The van der Waals surface area contributed by atoms with Crippen molar-refractivity contribution in [2.24, 2.45) is 10.3 Å². The van der Waals surface area contributed by atoms with E-state index >= 15 is 0 Å². The number of imide groups is 1. The molecule has 0 unspecified atom stereocenters. The fourth-order valence-electron chi connectivity index (χ4n) is 3.53. The van der Waals surface area contributed by atoms with Gasteiger partial charge in [0.05, 0.1) is 5.69 Å². The van der Waals surface area contributed by atoms with E-state index in [0.29, 0.717) is 11.6 Å². The molecule has 0 bridgehead atoms. The highest BCUT2D eigenvalue weighted by Crippen LogP contribution is 2.32. The van der Waals surface area contributed by atoms with Crippen LogP contribution >= 0.6 is 0 Å². The summed E-state index contributed by atoms with van der Waals surface area (Å²) >= 11 is 0. The van der Waals surface area contributed by atoms with Crippen molar-refractivity contribution in [1.82, 2.24) is 5.01 Å². The van der Waals surface area contributed by atoms with Gasteiger partial charge in [-0.05, 0) is 41.8 Å². The van der Waals surface area contributed by atoms with Gasteiger partial charge in [0.2, 0.25) is 5.91 Å². The number of amides is 3. The molecule has 0 aliphatic carbocycles. The normalized spacial score (nSPS) is 20.3. The standard InChI is InChI=1S/C21H20FN5O3/c1-12(2)13-6-8-16(9-7-13)27-20(29)18-19(21(27)30)26(25-24-18)11-17(28)23-15-5-3-4-14(22)10-15/h3-10,12,18-19H,11H2,1-2H3,(H,23,28)/t18-,19+/m0/s1. The lowest BCUT2D eigenvalue weighted by Gasteiger charge is -2.20. The second-order valence-electron chi connectivity index (χ2n) is 7.51. The average molecular weight is 409 g/mol. The van der Waals surface area contributed by atoms with Crippen LogP contribution in [-0.4, -0.2) is 41.4 Å². The Morgan fingerprint density at radius 2 is 1.87 bits per heavy atom. The molecule has 0 saturated carbocycles. The van der Waals surface area contributed by atoms with Gasteiger partial charge in [0, 0.05) is 5.69 Å². The summed E-state index contributed by atoms with van der Waals surface area (Å²) in [7, 11) is 0. The molecule has 154 valence electrons. The fourth-order valence-corrected chi connectivity index (χ4v) is 3.53. The highest BCUT2D eigenvalue weighted by atomic mass is 19.1. The Bertz CT molecular complexity index is 1040. The van der Waals surface area contributed by atoms with E-state index in [4.69, 9.17) is 0 Å². The van der Waals surface area contributed by atoms with E-state index < -0.39 is 35.6 Å². The summed E-state index contributed by atoms with van der Waals surface area (Å²) in [5.74, 6) is -1.61. The Hall–Kier alpha value is -3.62.